The topological polar surface area (TPSA) is 172 Å². The van der Waals surface area contributed by atoms with Gasteiger partial charge >= 0.3 is 0 Å². The number of rotatable bonds is 4. The van der Waals surface area contributed by atoms with Crippen LogP contribution < -0.4 is 22.9 Å². The van der Waals surface area contributed by atoms with Crippen molar-refractivity contribution in [2.45, 2.75) is 23.7 Å². The number of benzene rings is 8. The molecule has 0 bridgehead atoms. The summed E-state index contributed by atoms with van der Waals surface area (Å²) >= 11 is 0. The minimum absolute atomic E-state index is 0.307. The standard InChI is InChI=1S/4C16H13NO/c4*17-16(18)15-13-7-3-1-5-11(13)9-10-12-6-2-4-8-14(12)15/h4*1-10,15H,(H2,17,18). The first-order valence-corrected chi connectivity index (χ1v) is 23.7. The van der Waals surface area contributed by atoms with Crippen molar-refractivity contribution in [2.75, 3.05) is 0 Å². The fourth-order valence-corrected chi connectivity index (χ4v) is 10.0. The Morgan fingerprint density at radius 3 is 0.431 bits per heavy atom. The second-order valence-electron chi connectivity index (χ2n) is 17.7. The summed E-state index contributed by atoms with van der Waals surface area (Å²) in [7, 11) is 0. The van der Waals surface area contributed by atoms with Crippen LogP contribution in [-0.2, 0) is 19.2 Å². The second kappa shape index (κ2) is 21.5. The van der Waals surface area contributed by atoms with Gasteiger partial charge in [0.1, 0.15) is 0 Å². The molecule has 0 atom stereocenters. The molecule has 0 aromatic heterocycles. The molecule has 72 heavy (non-hydrogen) atoms. The summed E-state index contributed by atoms with van der Waals surface area (Å²) in [6, 6.07) is 63.1. The van der Waals surface area contributed by atoms with Crippen LogP contribution in [0.25, 0.3) is 48.6 Å². The summed E-state index contributed by atoms with van der Waals surface area (Å²) in [6.07, 6.45) is 16.3. The van der Waals surface area contributed by atoms with Crippen molar-refractivity contribution in [1.29, 1.82) is 0 Å². The molecule has 0 radical (unpaired) electrons. The van der Waals surface area contributed by atoms with Crippen LogP contribution in [0.5, 0.6) is 0 Å². The Bertz CT molecular complexity index is 2830. The molecule has 4 aliphatic rings. The molecule has 8 nitrogen and oxygen atoms in total. The lowest BCUT2D eigenvalue weighted by molar-refractivity contribution is -0.119. The Morgan fingerprint density at radius 2 is 0.319 bits per heavy atom. The lowest BCUT2D eigenvalue weighted by Gasteiger charge is -2.16. The SMILES string of the molecule is NC(=O)C1c2ccccc2C=Cc2ccccc21.NC(=O)C1c2ccccc2C=Cc2ccccc21.NC(=O)C1c2ccccc2C=Cc2ccccc21.NC(=O)C1c2ccccc2C=Cc2ccccc21. The predicted molar refractivity (Wildman–Crippen MR) is 291 cm³/mol. The summed E-state index contributed by atoms with van der Waals surface area (Å²) in [5, 5.41) is 0. The van der Waals surface area contributed by atoms with Crippen LogP contribution in [0.3, 0.4) is 0 Å². The molecule has 4 amide bonds. The third-order valence-corrected chi connectivity index (χ3v) is 13.4. The Kier molecular flexibility index (Phi) is 14.2. The number of nitrogens with two attached hydrogens (primary N) is 4. The quantitative estimate of drug-likeness (QED) is 0.138. The Hall–Kier alpha value is -9.40. The maximum Gasteiger partial charge on any atom is 0.229 e. The molecule has 0 spiro atoms. The van der Waals surface area contributed by atoms with Crippen LogP contribution in [0.1, 0.15) is 113 Å². The van der Waals surface area contributed by atoms with E-state index in [2.05, 4.69) is 0 Å². The number of hydrogen-bond donors (Lipinski definition) is 4. The van der Waals surface area contributed by atoms with Gasteiger partial charge < -0.3 is 22.9 Å². The van der Waals surface area contributed by atoms with Crippen molar-refractivity contribution in [3.63, 3.8) is 0 Å². The van der Waals surface area contributed by atoms with Crippen LogP contribution in [0.15, 0.2) is 194 Å². The predicted octanol–water partition coefficient (Wildman–Crippen LogP) is 11.2. The van der Waals surface area contributed by atoms with Crippen LogP contribution in [0, 0.1) is 0 Å². The van der Waals surface area contributed by atoms with Crippen molar-refractivity contribution in [2.24, 2.45) is 22.9 Å². The number of amides is 4. The lowest BCUT2D eigenvalue weighted by atomic mass is 9.87. The summed E-state index contributed by atoms with van der Waals surface area (Å²) in [5.74, 6) is -2.70. The molecule has 8 aromatic carbocycles. The Balaban J connectivity index is 0.000000119. The summed E-state index contributed by atoms with van der Waals surface area (Å²) in [5.41, 5.74) is 38.6. The van der Waals surface area contributed by atoms with Crippen molar-refractivity contribution in [3.05, 3.63) is 283 Å². The van der Waals surface area contributed by atoms with Gasteiger partial charge in [0, 0.05) is 0 Å². The van der Waals surface area contributed by atoms with E-state index in [1.165, 1.54) is 0 Å². The first-order chi connectivity index (χ1) is 35.1. The van der Waals surface area contributed by atoms with Gasteiger partial charge in [-0.2, -0.15) is 0 Å². The zero-order chi connectivity index (χ0) is 50.1. The van der Waals surface area contributed by atoms with Gasteiger partial charge in [0.25, 0.3) is 0 Å². The summed E-state index contributed by atoms with van der Waals surface area (Å²) in [6.45, 7) is 0. The zero-order valence-electron chi connectivity index (χ0n) is 39.3. The maximum atomic E-state index is 11.8. The molecule has 8 aromatic rings. The monoisotopic (exact) mass is 940 g/mol. The highest BCUT2D eigenvalue weighted by atomic mass is 16.2. The number of fused-ring (bicyclic) bond motifs is 8. The van der Waals surface area contributed by atoms with E-state index in [1.807, 2.05) is 243 Å². The van der Waals surface area contributed by atoms with Gasteiger partial charge in [-0.1, -0.05) is 243 Å². The van der Waals surface area contributed by atoms with Gasteiger partial charge in [-0.15, -0.1) is 0 Å². The number of carbonyl (C=O) groups is 4. The van der Waals surface area contributed by atoms with Gasteiger partial charge in [0.2, 0.25) is 23.6 Å². The molecule has 4 aliphatic carbocycles. The molecular weight excluding hydrogens is 889 g/mol. The Morgan fingerprint density at radius 1 is 0.208 bits per heavy atom. The fraction of sp³-hybridized carbons (Fsp3) is 0.0625. The van der Waals surface area contributed by atoms with E-state index < -0.39 is 0 Å². The molecule has 0 unspecified atom stereocenters. The van der Waals surface area contributed by atoms with E-state index in [1.54, 1.807) is 0 Å². The summed E-state index contributed by atoms with van der Waals surface area (Å²) < 4.78 is 0. The van der Waals surface area contributed by atoms with E-state index in [0.29, 0.717) is 0 Å². The largest absolute Gasteiger partial charge is 0.369 e. The van der Waals surface area contributed by atoms with E-state index in [0.717, 1.165) is 89.0 Å². The minimum atomic E-state index is -0.368. The molecule has 0 saturated carbocycles. The van der Waals surface area contributed by atoms with E-state index in [9.17, 15) is 19.2 Å². The van der Waals surface area contributed by atoms with Gasteiger partial charge in [0.15, 0.2) is 0 Å². The van der Waals surface area contributed by atoms with Crippen LogP contribution in [0.4, 0.5) is 0 Å². The van der Waals surface area contributed by atoms with Crippen molar-refractivity contribution in [1.82, 2.24) is 0 Å². The molecular formula is C64H52N4O4. The maximum absolute atomic E-state index is 11.8. The Labute approximate surface area is 419 Å². The van der Waals surface area contributed by atoms with Crippen molar-refractivity contribution < 1.29 is 19.2 Å². The third kappa shape index (κ3) is 10.0. The first kappa shape index (κ1) is 47.7. The molecule has 8 N–H and O–H groups in total. The minimum Gasteiger partial charge on any atom is -0.369 e. The van der Waals surface area contributed by atoms with Crippen LogP contribution >= 0.6 is 0 Å². The smallest absolute Gasteiger partial charge is 0.229 e. The summed E-state index contributed by atoms with van der Waals surface area (Å²) in [4.78, 5) is 47.3. The highest BCUT2D eigenvalue weighted by Crippen LogP contribution is 2.38. The van der Waals surface area contributed by atoms with Crippen molar-refractivity contribution in [3.8, 4) is 0 Å². The second-order valence-corrected chi connectivity index (χ2v) is 17.7. The molecule has 12 rings (SSSR count). The van der Waals surface area contributed by atoms with Crippen LogP contribution in [0.2, 0.25) is 0 Å². The average Bonchev–Trinajstić information content (AvgIpc) is 3.84. The van der Waals surface area contributed by atoms with Crippen molar-refractivity contribution >= 4 is 72.2 Å². The van der Waals surface area contributed by atoms with Gasteiger partial charge in [-0.25, -0.2) is 0 Å². The number of carbonyl (C=O) groups excluding carboxylic acids is 4. The van der Waals surface area contributed by atoms with E-state index >= 15 is 0 Å². The van der Waals surface area contributed by atoms with E-state index in [-0.39, 0.29) is 47.3 Å². The molecule has 0 aliphatic heterocycles. The van der Waals surface area contributed by atoms with Crippen LogP contribution in [-0.4, -0.2) is 23.6 Å². The number of hydrogen-bond acceptors (Lipinski definition) is 4. The van der Waals surface area contributed by atoms with Gasteiger partial charge in [-0.3, -0.25) is 19.2 Å². The van der Waals surface area contributed by atoms with Gasteiger partial charge in [0.05, 0.1) is 23.7 Å². The molecule has 8 heteroatoms. The molecule has 0 heterocycles. The molecule has 0 fully saturated rings. The number of primary amides is 4. The molecule has 352 valence electrons. The lowest BCUT2D eigenvalue weighted by Crippen LogP contribution is -2.23. The molecule has 0 saturated heterocycles. The first-order valence-electron chi connectivity index (χ1n) is 23.7. The van der Waals surface area contributed by atoms with E-state index in [4.69, 9.17) is 22.9 Å². The third-order valence-electron chi connectivity index (χ3n) is 13.4. The average molecular weight is 941 g/mol. The normalized spacial score (nSPS) is 13.6. The zero-order valence-corrected chi connectivity index (χ0v) is 39.3. The highest BCUT2D eigenvalue weighted by Gasteiger charge is 2.29. The fourth-order valence-electron chi connectivity index (χ4n) is 10.0. The highest BCUT2D eigenvalue weighted by molar-refractivity contribution is 5.94. The van der Waals surface area contributed by atoms with Gasteiger partial charge in [-0.05, 0) is 89.0 Å².